The number of aromatic nitrogens is 1. The minimum Gasteiger partial charge on any atom is -0.355 e. The molecule has 7 heteroatoms. The van der Waals surface area contributed by atoms with Gasteiger partial charge >= 0.3 is 0 Å². The van der Waals surface area contributed by atoms with Gasteiger partial charge in [-0.2, -0.15) is 14.0 Å². The number of aromatic amines is 1. The Bertz CT molecular complexity index is 1970. The summed E-state index contributed by atoms with van der Waals surface area (Å²) >= 11 is 0. The van der Waals surface area contributed by atoms with Gasteiger partial charge in [0.05, 0.1) is 26.0 Å². The van der Waals surface area contributed by atoms with E-state index >= 15 is 0 Å². The zero-order chi connectivity index (χ0) is 31.9. The Hall–Kier alpha value is -4.04. The van der Waals surface area contributed by atoms with Crippen molar-refractivity contribution in [2.75, 3.05) is 0 Å². The van der Waals surface area contributed by atoms with E-state index in [2.05, 4.69) is 150 Å². The lowest BCUT2D eigenvalue weighted by Crippen LogP contribution is -2.58. The van der Waals surface area contributed by atoms with Crippen LogP contribution in [0, 0.1) is 15.7 Å². The largest absolute Gasteiger partial charge is 0.355 e. The van der Waals surface area contributed by atoms with Crippen molar-refractivity contribution in [3.8, 4) is 0 Å². The summed E-state index contributed by atoms with van der Waals surface area (Å²) in [5, 5.41) is 3.65. The van der Waals surface area contributed by atoms with Gasteiger partial charge in [0.2, 0.25) is 0 Å². The molecule has 0 spiro atoms. The summed E-state index contributed by atoms with van der Waals surface area (Å²) in [7, 11) is -4.69. The van der Waals surface area contributed by atoms with Gasteiger partial charge in [-0.25, -0.2) is 4.99 Å². The minimum atomic E-state index is -4.69. The molecule has 0 saturated heterocycles. The number of benzene rings is 2. The Morgan fingerprint density at radius 3 is 2.20 bits per heavy atom. The van der Waals surface area contributed by atoms with E-state index < -0.39 is 10.2 Å². The van der Waals surface area contributed by atoms with Gasteiger partial charge in [0, 0.05) is 32.6 Å². The Labute approximate surface area is 260 Å². The van der Waals surface area contributed by atoms with Crippen LogP contribution >= 0.6 is 0 Å². The van der Waals surface area contributed by atoms with Gasteiger partial charge in [0.1, 0.15) is 0 Å². The van der Waals surface area contributed by atoms with E-state index in [-0.39, 0.29) is 10.8 Å². The van der Waals surface area contributed by atoms with Crippen molar-refractivity contribution < 1.29 is 28.9 Å². The van der Waals surface area contributed by atoms with Gasteiger partial charge in [0.15, 0.2) is 0 Å². The fourth-order valence-electron chi connectivity index (χ4n) is 6.82. The van der Waals surface area contributed by atoms with Crippen LogP contribution in [0.5, 0.6) is 0 Å². The third kappa shape index (κ3) is 6.13. The molecule has 226 valence electrons. The Morgan fingerprint density at radius 1 is 0.818 bits per heavy atom. The van der Waals surface area contributed by atoms with Crippen molar-refractivity contribution >= 4 is 22.6 Å². The molecular formula is C37H37ClN2O4. The summed E-state index contributed by atoms with van der Waals surface area (Å²) in [5.74, 6) is 0. The van der Waals surface area contributed by atoms with Gasteiger partial charge < -0.3 is 4.98 Å². The molecule has 6 nitrogen and oxygen atoms in total. The molecule has 2 aliphatic carbocycles. The van der Waals surface area contributed by atoms with E-state index in [1.807, 2.05) is 0 Å². The Kier molecular flexibility index (Phi) is 8.42. The fourth-order valence-corrected chi connectivity index (χ4v) is 6.82. The van der Waals surface area contributed by atoms with Crippen LogP contribution < -0.4 is 24.6 Å². The molecule has 1 aliphatic heterocycles. The second-order valence-corrected chi connectivity index (χ2v) is 13.1. The summed E-state index contributed by atoms with van der Waals surface area (Å²) in [6.07, 6.45) is 19.7. The fraction of sp³-hybridized carbons (Fsp3) is 0.216. The third-order valence-electron chi connectivity index (χ3n) is 8.54. The quantitative estimate of drug-likeness (QED) is 0.434. The van der Waals surface area contributed by atoms with Crippen LogP contribution in [0.2, 0.25) is 0 Å². The number of H-pyrrole nitrogens is 1. The first-order chi connectivity index (χ1) is 20.7. The van der Waals surface area contributed by atoms with Crippen molar-refractivity contribution in [1.82, 2.24) is 4.98 Å². The SMILES string of the molecule is CC1=Cc2[nH]c3ccccc3c2C(C)(C)C1=CC=CC=CC=CC1=C(C)C=C2N=c3ccccc3=C2C1(C)C.[O-][Cl+3]([O-])([O-])O. The molecule has 2 N–H and O–H groups in total. The van der Waals surface area contributed by atoms with E-state index in [0.717, 1.165) is 11.1 Å². The van der Waals surface area contributed by atoms with E-state index in [4.69, 9.17) is 23.6 Å². The highest BCUT2D eigenvalue weighted by molar-refractivity contribution is 5.91. The minimum absolute atomic E-state index is 0.0759. The second-order valence-electron chi connectivity index (χ2n) is 12.3. The second kappa shape index (κ2) is 11.8. The number of para-hydroxylation sites is 2. The smallest absolute Gasteiger partial charge is 0.0777 e. The van der Waals surface area contributed by atoms with Gasteiger partial charge in [0.25, 0.3) is 0 Å². The molecule has 0 bridgehead atoms. The first kappa shape index (κ1) is 31.4. The number of allylic oxidation sites excluding steroid dienone is 13. The van der Waals surface area contributed by atoms with Gasteiger partial charge in [-0.1, -0.05) is 107 Å². The Morgan fingerprint density at radius 2 is 1.45 bits per heavy atom. The number of halogens is 1. The van der Waals surface area contributed by atoms with Crippen LogP contribution in [0.25, 0.3) is 22.6 Å². The average molecular weight is 609 g/mol. The predicted octanol–water partition coefficient (Wildman–Crippen LogP) is 4.06. The van der Waals surface area contributed by atoms with Crippen molar-refractivity contribution in [2.24, 2.45) is 10.4 Å². The molecule has 0 saturated carbocycles. The molecule has 6 rings (SSSR count). The zero-order valence-corrected chi connectivity index (χ0v) is 26.6. The van der Waals surface area contributed by atoms with Crippen molar-refractivity contribution in [2.45, 2.75) is 47.0 Å². The van der Waals surface area contributed by atoms with Crippen molar-refractivity contribution in [1.29, 1.82) is 0 Å². The van der Waals surface area contributed by atoms with Crippen molar-refractivity contribution in [3.05, 3.63) is 147 Å². The molecule has 44 heavy (non-hydrogen) atoms. The van der Waals surface area contributed by atoms with E-state index in [0.29, 0.717) is 0 Å². The number of fused-ring (bicyclic) bond motifs is 5. The van der Waals surface area contributed by atoms with Crippen LogP contribution in [-0.4, -0.2) is 9.64 Å². The molecule has 3 aromatic rings. The first-order valence-corrected chi connectivity index (χ1v) is 15.7. The molecular weight excluding hydrogens is 572 g/mol. The van der Waals surface area contributed by atoms with Crippen LogP contribution in [0.3, 0.4) is 0 Å². The number of nitrogens with zero attached hydrogens (tertiary/aromatic N) is 1. The lowest BCUT2D eigenvalue weighted by Gasteiger charge is -2.33. The molecule has 0 atom stereocenters. The predicted molar refractivity (Wildman–Crippen MR) is 168 cm³/mol. The van der Waals surface area contributed by atoms with Crippen LogP contribution in [0.15, 0.2) is 130 Å². The van der Waals surface area contributed by atoms with Crippen LogP contribution in [-0.2, 0) is 5.41 Å². The molecule has 0 fully saturated rings. The number of hydrogen-bond acceptors (Lipinski definition) is 5. The summed E-state index contributed by atoms with van der Waals surface area (Å²) in [6, 6.07) is 17.1. The molecule has 0 radical (unpaired) electrons. The van der Waals surface area contributed by atoms with Gasteiger partial charge in [-0.05, 0) is 71.6 Å². The third-order valence-corrected chi connectivity index (χ3v) is 8.54. The molecule has 2 aromatic carbocycles. The van der Waals surface area contributed by atoms with Crippen molar-refractivity contribution in [3.63, 3.8) is 0 Å². The maximum atomic E-state index is 8.60. The molecule has 0 unspecified atom stereocenters. The molecule has 3 aliphatic rings. The first-order valence-electron chi connectivity index (χ1n) is 14.5. The summed E-state index contributed by atoms with van der Waals surface area (Å²) in [5.41, 5.74) is 11.3. The summed E-state index contributed by atoms with van der Waals surface area (Å²) in [4.78, 5) is 8.51. The molecule has 0 amide bonds. The molecule has 2 heterocycles. The topological polar surface area (TPSA) is 118 Å². The lowest BCUT2D eigenvalue weighted by atomic mass is 9.70. The highest BCUT2D eigenvalue weighted by Gasteiger charge is 2.36. The van der Waals surface area contributed by atoms with E-state index in [1.54, 1.807) is 0 Å². The van der Waals surface area contributed by atoms with Gasteiger partial charge in [-0.15, -0.1) is 0 Å². The van der Waals surface area contributed by atoms with E-state index in [9.17, 15) is 0 Å². The average Bonchev–Trinajstić information content (AvgIpc) is 3.48. The summed E-state index contributed by atoms with van der Waals surface area (Å²) < 4.78 is 32.7. The molecule has 1 aromatic heterocycles. The highest BCUT2D eigenvalue weighted by atomic mass is 35.7. The number of nitrogens with one attached hydrogen (secondary N) is 1. The van der Waals surface area contributed by atoms with Crippen LogP contribution in [0.1, 0.15) is 52.8 Å². The van der Waals surface area contributed by atoms with E-state index in [1.165, 1.54) is 55.2 Å². The highest BCUT2D eigenvalue weighted by Crippen LogP contribution is 2.47. The zero-order valence-electron chi connectivity index (χ0n) is 25.8. The lowest BCUT2D eigenvalue weighted by molar-refractivity contribution is -1.92. The monoisotopic (exact) mass is 608 g/mol. The standard InChI is InChI=1S/C37H36N2.ClHO4/c1-24-22-32-34(26-16-12-14-20-30(26)38-32)36(3,4)28(24)18-10-8-7-9-11-19-29-25(2)23-33-35(37(29,5)6)27-17-13-15-21-31(27)39-33;2-1(3,4)5/h7-23,38H,1-6H3;(H,2,3,4,5). The summed E-state index contributed by atoms with van der Waals surface area (Å²) in [6.45, 7) is 13.7. The van der Waals surface area contributed by atoms with Gasteiger partial charge in [-0.3, -0.25) is 0 Å². The number of hydrogen-bond donors (Lipinski definition) is 2. The Balaban J connectivity index is 0.000000712. The number of rotatable bonds is 4. The van der Waals surface area contributed by atoms with Crippen LogP contribution in [0.4, 0.5) is 0 Å². The maximum absolute atomic E-state index is 8.60. The maximum Gasteiger partial charge on any atom is 0.0777 e. The normalized spacial score (nSPS) is 19.6.